The number of halogens is 2. The lowest BCUT2D eigenvalue weighted by molar-refractivity contribution is -0.117. The van der Waals surface area contributed by atoms with Crippen molar-refractivity contribution in [3.63, 3.8) is 0 Å². The van der Waals surface area contributed by atoms with Crippen LogP contribution in [0.3, 0.4) is 0 Å². The molecule has 0 bridgehead atoms. The lowest BCUT2D eigenvalue weighted by atomic mass is 9.94. The number of anilines is 2. The third kappa shape index (κ3) is 7.18. The molecule has 0 heterocycles. The summed E-state index contributed by atoms with van der Waals surface area (Å²) in [7, 11) is 0. The summed E-state index contributed by atoms with van der Waals surface area (Å²) in [4.78, 5) is 30.0. The van der Waals surface area contributed by atoms with Crippen LogP contribution in [-0.2, 0) is 4.79 Å². The van der Waals surface area contributed by atoms with E-state index in [0.717, 1.165) is 0 Å². The first-order valence-electron chi connectivity index (χ1n) is 12.3. The Bertz CT molecular complexity index is 1540. The molecule has 1 unspecified atom stereocenters. The van der Waals surface area contributed by atoms with Crippen molar-refractivity contribution in [2.45, 2.75) is 12.3 Å². The second-order valence-corrected chi connectivity index (χ2v) is 9.65. The summed E-state index contributed by atoms with van der Waals surface area (Å²) in [5, 5.41) is 3.59. The van der Waals surface area contributed by atoms with Gasteiger partial charge in [-0.2, -0.15) is 4.99 Å². The Morgan fingerprint density at radius 3 is 2.25 bits per heavy atom. The molecule has 8 nitrogen and oxygen atoms in total. The number of hydrogen-bond donors (Lipinski definition) is 4. The third-order valence-corrected chi connectivity index (χ3v) is 6.76. The van der Waals surface area contributed by atoms with Gasteiger partial charge in [0.05, 0.1) is 16.0 Å². The van der Waals surface area contributed by atoms with Crippen LogP contribution < -0.4 is 27.3 Å². The SMILES string of the molecule is NCCC(C(=O)Nc1ccc(N)c(C(N)=NC(=O)c2ccc(Oc3ccccc3)cc2)c1)c1ccc(Cl)c(Cl)c1. The summed E-state index contributed by atoms with van der Waals surface area (Å²) in [5.74, 6) is -0.267. The van der Waals surface area contributed by atoms with Crippen molar-refractivity contribution in [3.8, 4) is 11.5 Å². The maximum Gasteiger partial charge on any atom is 0.278 e. The minimum Gasteiger partial charge on any atom is -0.457 e. The number of nitrogens with two attached hydrogens (primary N) is 3. The maximum absolute atomic E-state index is 13.2. The van der Waals surface area contributed by atoms with Crippen LogP contribution in [0, 0.1) is 0 Å². The molecule has 4 aromatic carbocycles. The smallest absolute Gasteiger partial charge is 0.278 e. The van der Waals surface area contributed by atoms with Crippen molar-refractivity contribution in [2.24, 2.45) is 16.5 Å². The fraction of sp³-hybridized carbons (Fsp3) is 0.100. The summed E-state index contributed by atoms with van der Waals surface area (Å²) in [6.07, 6.45) is 0.388. The zero-order valence-corrected chi connectivity index (χ0v) is 22.8. The lowest BCUT2D eigenvalue weighted by Crippen LogP contribution is -2.24. The van der Waals surface area contributed by atoms with Crippen LogP contribution in [0.25, 0.3) is 0 Å². The zero-order chi connectivity index (χ0) is 28.6. The molecule has 0 saturated carbocycles. The van der Waals surface area contributed by atoms with Crippen LogP contribution in [0.4, 0.5) is 11.4 Å². The number of aliphatic imine (C=N–C) groups is 1. The van der Waals surface area contributed by atoms with E-state index in [4.69, 9.17) is 45.1 Å². The lowest BCUT2D eigenvalue weighted by Gasteiger charge is -2.18. The van der Waals surface area contributed by atoms with Gasteiger partial charge in [-0.3, -0.25) is 9.59 Å². The summed E-state index contributed by atoms with van der Waals surface area (Å²) < 4.78 is 5.75. The molecule has 0 aliphatic rings. The van der Waals surface area contributed by atoms with Crippen molar-refractivity contribution in [2.75, 3.05) is 17.6 Å². The molecule has 0 radical (unpaired) electrons. The summed E-state index contributed by atoms with van der Waals surface area (Å²) in [6.45, 7) is 0.284. The van der Waals surface area contributed by atoms with Crippen LogP contribution in [0.1, 0.15) is 33.8 Å². The van der Waals surface area contributed by atoms with E-state index >= 15 is 0 Å². The van der Waals surface area contributed by atoms with E-state index in [0.29, 0.717) is 56.0 Å². The van der Waals surface area contributed by atoms with E-state index in [9.17, 15) is 9.59 Å². The molecule has 4 rings (SSSR count). The number of rotatable bonds is 9. The Kier molecular flexibility index (Phi) is 9.39. The van der Waals surface area contributed by atoms with Gasteiger partial charge >= 0.3 is 0 Å². The highest BCUT2D eigenvalue weighted by molar-refractivity contribution is 6.42. The van der Waals surface area contributed by atoms with Crippen LogP contribution in [0.15, 0.2) is 96.0 Å². The molecule has 0 fully saturated rings. The number of para-hydroxylation sites is 1. The largest absolute Gasteiger partial charge is 0.457 e. The van der Waals surface area contributed by atoms with Crippen molar-refractivity contribution >= 4 is 52.2 Å². The summed E-state index contributed by atoms with van der Waals surface area (Å²) in [6, 6.07) is 25.6. The number of ether oxygens (including phenoxy) is 1. The van der Waals surface area contributed by atoms with E-state index in [2.05, 4.69) is 10.3 Å². The first-order valence-corrected chi connectivity index (χ1v) is 13.1. The van der Waals surface area contributed by atoms with Gasteiger partial charge in [-0.05, 0) is 85.3 Å². The Hall–Kier alpha value is -4.37. The predicted octanol–water partition coefficient (Wildman–Crippen LogP) is 5.98. The molecule has 0 saturated heterocycles. The van der Waals surface area contributed by atoms with Crippen molar-refractivity contribution in [1.82, 2.24) is 0 Å². The predicted molar refractivity (Wildman–Crippen MR) is 160 cm³/mol. The Morgan fingerprint density at radius 1 is 0.875 bits per heavy atom. The number of amidine groups is 1. The summed E-state index contributed by atoms with van der Waals surface area (Å²) in [5.41, 5.74) is 20.1. The molecule has 0 spiro atoms. The fourth-order valence-corrected chi connectivity index (χ4v) is 4.26. The number of nitrogens with one attached hydrogen (secondary N) is 1. The minimum absolute atomic E-state index is 0.0915. The number of carbonyl (C=O) groups excluding carboxylic acids is 2. The molecule has 0 aliphatic heterocycles. The second kappa shape index (κ2) is 13.1. The van der Waals surface area contributed by atoms with Gasteiger partial charge in [0.1, 0.15) is 17.3 Å². The standard InChI is InChI=1S/C30H27Cl2N5O3/c31-25-12-8-19(16-26(25)32)23(14-15-33)30(39)36-20-9-13-27(34)24(17-20)28(35)37-29(38)18-6-10-22(11-7-18)40-21-4-2-1-3-5-21/h1-13,16-17,23H,14-15,33-34H2,(H,36,39)(H2,35,37,38). The van der Waals surface area contributed by atoms with Crippen LogP contribution >= 0.6 is 23.2 Å². The van der Waals surface area contributed by atoms with E-state index in [1.54, 1.807) is 60.7 Å². The number of carbonyl (C=O) groups is 2. The first kappa shape index (κ1) is 28.6. The first-order chi connectivity index (χ1) is 19.2. The number of hydrogen-bond acceptors (Lipinski definition) is 5. The number of benzene rings is 4. The van der Waals surface area contributed by atoms with Crippen molar-refractivity contribution in [3.05, 3.63) is 118 Å². The topological polar surface area (TPSA) is 146 Å². The van der Waals surface area contributed by atoms with Crippen molar-refractivity contribution < 1.29 is 14.3 Å². The molecule has 0 aliphatic carbocycles. The molecule has 0 aromatic heterocycles. The average molecular weight is 576 g/mol. The van der Waals surface area contributed by atoms with Gasteiger partial charge in [-0.15, -0.1) is 0 Å². The number of nitrogens with zero attached hydrogens (tertiary/aromatic N) is 1. The minimum atomic E-state index is -0.567. The van der Waals surface area contributed by atoms with E-state index < -0.39 is 11.8 Å². The molecule has 1 atom stereocenters. The molecule has 2 amide bonds. The van der Waals surface area contributed by atoms with Gasteiger partial charge in [0.15, 0.2) is 0 Å². The van der Waals surface area contributed by atoms with Crippen LogP contribution in [0.5, 0.6) is 11.5 Å². The normalized spacial score (nSPS) is 12.0. The molecule has 4 aromatic rings. The van der Waals surface area contributed by atoms with Gasteiger partial charge in [-0.1, -0.05) is 47.5 Å². The van der Waals surface area contributed by atoms with E-state index in [1.165, 1.54) is 0 Å². The van der Waals surface area contributed by atoms with Crippen LogP contribution in [0.2, 0.25) is 10.0 Å². The van der Waals surface area contributed by atoms with Gasteiger partial charge in [0, 0.05) is 22.5 Å². The average Bonchev–Trinajstić information content (AvgIpc) is 2.95. The highest BCUT2D eigenvalue weighted by Gasteiger charge is 2.21. The van der Waals surface area contributed by atoms with Gasteiger partial charge < -0.3 is 27.3 Å². The Labute approximate surface area is 241 Å². The molecule has 7 N–H and O–H groups in total. The third-order valence-electron chi connectivity index (χ3n) is 6.02. The molecular weight excluding hydrogens is 549 g/mol. The van der Waals surface area contributed by atoms with Gasteiger partial charge in [-0.25, -0.2) is 0 Å². The molecule has 10 heteroatoms. The quantitative estimate of drug-likeness (QED) is 0.109. The molecule has 40 heavy (non-hydrogen) atoms. The van der Waals surface area contributed by atoms with E-state index in [-0.39, 0.29) is 18.3 Å². The number of nitrogen functional groups attached to an aromatic ring is 1. The monoisotopic (exact) mass is 575 g/mol. The van der Waals surface area contributed by atoms with Crippen LogP contribution in [-0.4, -0.2) is 24.2 Å². The zero-order valence-electron chi connectivity index (χ0n) is 21.3. The number of amides is 2. The van der Waals surface area contributed by atoms with Gasteiger partial charge in [0.2, 0.25) is 5.91 Å². The molecular formula is C30H27Cl2N5O3. The Morgan fingerprint density at radius 2 is 1.57 bits per heavy atom. The Balaban J connectivity index is 1.49. The maximum atomic E-state index is 13.2. The second-order valence-electron chi connectivity index (χ2n) is 8.84. The molecule has 204 valence electrons. The van der Waals surface area contributed by atoms with Gasteiger partial charge in [0.25, 0.3) is 5.91 Å². The highest BCUT2D eigenvalue weighted by Crippen LogP contribution is 2.29. The van der Waals surface area contributed by atoms with E-state index in [1.807, 2.05) is 30.3 Å². The summed E-state index contributed by atoms with van der Waals surface area (Å²) >= 11 is 12.2. The highest BCUT2D eigenvalue weighted by atomic mass is 35.5. The fourth-order valence-electron chi connectivity index (χ4n) is 3.95. The van der Waals surface area contributed by atoms with Crippen molar-refractivity contribution in [1.29, 1.82) is 0 Å².